The summed E-state index contributed by atoms with van der Waals surface area (Å²) in [5.74, 6) is -1.87. The van der Waals surface area contributed by atoms with E-state index in [1.54, 1.807) is 11.6 Å². The minimum atomic E-state index is -0.946. The van der Waals surface area contributed by atoms with Gasteiger partial charge < -0.3 is 0 Å². The number of carbonyl (C=O) groups excluding carboxylic acids is 4. The molecule has 2 bridgehead atoms. The number of halogens is 1. The molecule has 2 aromatic carbocycles. The third-order valence-electron chi connectivity index (χ3n) is 10.4. The van der Waals surface area contributed by atoms with Crippen LogP contribution in [-0.4, -0.2) is 76.1 Å². The number of piperidine rings is 1. The van der Waals surface area contributed by atoms with Gasteiger partial charge in [-0.05, 0) is 84.9 Å². The van der Waals surface area contributed by atoms with E-state index in [0.29, 0.717) is 29.8 Å². The van der Waals surface area contributed by atoms with E-state index in [9.17, 15) is 19.2 Å². The Morgan fingerprint density at radius 3 is 2.27 bits per heavy atom. The van der Waals surface area contributed by atoms with Crippen molar-refractivity contribution < 1.29 is 19.2 Å². The third kappa shape index (κ3) is 5.41. The van der Waals surface area contributed by atoms with Crippen LogP contribution in [0.3, 0.4) is 0 Å². The largest absolute Gasteiger partial charge is 0.296 e. The molecule has 7 rings (SSSR count). The maximum atomic E-state index is 13.3. The summed E-state index contributed by atoms with van der Waals surface area (Å²) in [6.45, 7) is 8.41. The highest BCUT2D eigenvalue weighted by Gasteiger charge is 2.45. The van der Waals surface area contributed by atoms with Gasteiger partial charge in [0.15, 0.2) is 0 Å². The van der Waals surface area contributed by atoms with E-state index in [4.69, 9.17) is 11.6 Å². The van der Waals surface area contributed by atoms with Gasteiger partial charge in [0.2, 0.25) is 11.8 Å². The number of carbonyl (C=O) groups is 4. The molecule has 5 aliphatic rings. The van der Waals surface area contributed by atoms with E-state index >= 15 is 0 Å². The monoisotopic (exact) mass is 614 g/mol. The number of nitrogens with one attached hydrogen (secondary N) is 1. The zero-order valence-corrected chi connectivity index (χ0v) is 26.2. The van der Waals surface area contributed by atoms with Crippen molar-refractivity contribution in [3.63, 3.8) is 0 Å². The molecule has 4 heterocycles. The molecule has 44 heavy (non-hydrogen) atoms. The molecule has 0 spiro atoms. The number of imide groups is 2. The number of rotatable bonds is 6. The molecule has 4 aliphatic heterocycles. The minimum absolute atomic E-state index is 0.112. The molecule has 0 saturated carbocycles. The van der Waals surface area contributed by atoms with Gasteiger partial charge in [0, 0.05) is 49.7 Å². The summed E-state index contributed by atoms with van der Waals surface area (Å²) in [7, 11) is 0. The van der Waals surface area contributed by atoms with Crippen molar-refractivity contribution in [2.45, 2.75) is 83.5 Å². The van der Waals surface area contributed by atoms with Gasteiger partial charge >= 0.3 is 0 Å². The molecule has 1 aliphatic carbocycles. The van der Waals surface area contributed by atoms with Crippen molar-refractivity contribution >= 4 is 40.8 Å². The molecule has 3 atom stereocenters. The number of nitrogens with zero attached hydrogens (tertiary/aromatic N) is 3. The van der Waals surface area contributed by atoms with Crippen LogP contribution in [0.2, 0.25) is 5.02 Å². The molecule has 9 heteroatoms. The summed E-state index contributed by atoms with van der Waals surface area (Å²) < 4.78 is 0. The van der Waals surface area contributed by atoms with Gasteiger partial charge in [-0.1, -0.05) is 49.2 Å². The molecule has 4 amide bonds. The highest BCUT2D eigenvalue weighted by Crippen LogP contribution is 2.44. The Kier molecular flexibility index (Phi) is 7.50. The standard InChI is InChI=1S/C35H39ClN4O4/c1-35(2)14-13-23(29(16-35)22-4-6-24(36)7-5-22)18-39-25-8-9-26(39)20-38(19-25)17-21-3-10-27-28(15-21)34(44)40(33(27)43)30-11-12-31(41)37-32(30)42/h3-7,10,15,25-26,30H,8-9,11-14,16-20H2,1-2H3,(H,37,41,42). The maximum Gasteiger partial charge on any atom is 0.262 e. The number of hydrogen-bond acceptors (Lipinski definition) is 6. The first kappa shape index (κ1) is 29.4. The summed E-state index contributed by atoms with van der Waals surface area (Å²) in [4.78, 5) is 56.7. The molecule has 0 radical (unpaired) electrons. The second-order valence-corrected chi connectivity index (χ2v) is 14.4. The number of hydrogen-bond donors (Lipinski definition) is 1. The molecule has 8 nitrogen and oxygen atoms in total. The van der Waals surface area contributed by atoms with E-state index in [1.165, 1.54) is 30.4 Å². The molecular weight excluding hydrogens is 576 g/mol. The molecule has 1 N–H and O–H groups in total. The van der Waals surface area contributed by atoms with Gasteiger partial charge in [-0.3, -0.25) is 39.2 Å². The molecule has 230 valence electrons. The van der Waals surface area contributed by atoms with Crippen LogP contribution in [0.15, 0.2) is 48.0 Å². The van der Waals surface area contributed by atoms with Gasteiger partial charge in [-0.15, -0.1) is 0 Å². The molecule has 3 saturated heterocycles. The van der Waals surface area contributed by atoms with Crippen LogP contribution in [0.25, 0.3) is 5.57 Å². The molecule has 0 aromatic heterocycles. The molecule has 2 aromatic rings. The lowest BCUT2D eigenvalue weighted by Gasteiger charge is -2.43. The number of allylic oxidation sites excluding steroid dienone is 1. The average Bonchev–Trinajstić information content (AvgIpc) is 3.36. The Bertz CT molecular complexity index is 1570. The summed E-state index contributed by atoms with van der Waals surface area (Å²) in [6.07, 6.45) is 6.06. The zero-order valence-electron chi connectivity index (χ0n) is 25.4. The smallest absolute Gasteiger partial charge is 0.262 e. The number of likely N-dealkylation sites (tertiary alicyclic amines) is 1. The highest BCUT2D eigenvalue weighted by molar-refractivity contribution is 6.30. The van der Waals surface area contributed by atoms with Crippen molar-refractivity contribution in [2.75, 3.05) is 19.6 Å². The highest BCUT2D eigenvalue weighted by atomic mass is 35.5. The Morgan fingerprint density at radius 2 is 1.57 bits per heavy atom. The fourth-order valence-electron chi connectivity index (χ4n) is 8.02. The van der Waals surface area contributed by atoms with E-state index in [1.807, 2.05) is 24.3 Å². The van der Waals surface area contributed by atoms with Crippen LogP contribution >= 0.6 is 11.6 Å². The second-order valence-electron chi connectivity index (χ2n) is 14.0. The SMILES string of the molecule is CC1(C)CCC(CN2C3CCC2CN(Cc2ccc4c(c2)C(=O)N(C2CCC(=O)NC2=O)C4=O)C3)=C(c2ccc(Cl)cc2)C1. The maximum absolute atomic E-state index is 13.3. The lowest BCUT2D eigenvalue weighted by atomic mass is 9.72. The van der Waals surface area contributed by atoms with Gasteiger partial charge in [-0.2, -0.15) is 0 Å². The summed E-state index contributed by atoms with van der Waals surface area (Å²) in [6, 6.07) is 13.8. The van der Waals surface area contributed by atoms with Crippen molar-refractivity contribution in [3.8, 4) is 0 Å². The lowest BCUT2D eigenvalue weighted by Crippen LogP contribution is -2.54. The van der Waals surface area contributed by atoms with Crippen LogP contribution < -0.4 is 5.32 Å². The molecule has 3 unspecified atom stereocenters. The average molecular weight is 615 g/mol. The number of benzene rings is 2. The van der Waals surface area contributed by atoms with E-state index in [-0.39, 0.29) is 24.2 Å². The third-order valence-corrected chi connectivity index (χ3v) is 10.6. The normalized spacial score (nSPS) is 27.2. The van der Waals surface area contributed by atoms with Crippen LogP contribution in [0.1, 0.15) is 90.6 Å². The zero-order chi connectivity index (χ0) is 30.7. The van der Waals surface area contributed by atoms with Crippen molar-refractivity contribution in [3.05, 3.63) is 75.3 Å². The predicted octanol–water partition coefficient (Wildman–Crippen LogP) is 5.05. The van der Waals surface area contributed by atoms with Crippen LogP contribution in [0.5, 0.6) is 0 Å². The quantitative estimate of drug-likeness (QED) is 0.458. The predicted molar refractivity (Wildman–Crippen MR) is 168 cm³/mol. The van der Waals surface area contributed by atoms with Crippen LogP contribution in [0, 0.1) is 5.41 Å². The van der Waals surface area contributed by atoms with Gasteiger partial charge in [-0.25, -0.2) is 0 Å². The Labute approximate surface area is 263 Å². The number of fused-ring (bicyclic) bond motifs is 3. The number of piperazine rings is 1. The first-order valence-electron chi connectivity index (χ1n) is 15.9. The summed E-state index contributed by atoms with van der Waals surface area (Å²) >= 11 is 6.22. The van der Waals surface area contributed by atoms with E-state index < -0.39 is 23.8 Å². The Hall–Kier alpha value is -3.33. The summed E-state index contributed by atoms with van der Waals surface area (Å²) in [5.41, 5.74) is 6.31. The van der Waals surface area contributed by atoms with Crippen molar-refractivity contribution in [1.29, 1.82) is 0 Å². The van der Waals surface area contributed by atoms with Crippen LogP contribution in [0.4, 0.5) is 0 Å². The first-order valence-corrected chi connectivity index (χ1v) is 16.2. The topological polar surface area (TPSA) is 90.0 Å². The van der Waals surface area contributed by atoms with Crippen LogP contribution in [-0.2, 0) is 16.1 Å². The molecule has 3 fully saturated rings. The summed E-state index contributed by atoms with van der Waals surface area (Å²) in [5, 5.41) is 3.03. The van der Waals surface area contributed by atoms with Crippen molar-refractivity contribution in [2.24, 2.45) is 5.41 Å². The lowest BCUT2D eigenvalue weighted by molar-refractivity contribution is -0.136. The fourth-order valence-corrected chi connectivity index (χ4v) is 8.15. The first-order chi connectivity index (χ1) is 21.1. The molecular formula is C35H39ClN4O4. The second kappa shape index (κ2) is 11.2. The Morgan fingerprint density at radius 1 is 0.864 bits per heavy atom. The fraction of sp³-hybridized carbons (Fsp3) is 0.486. The Balaban J connectivity index is 1.04. The van der Waals surface area contributed by atoms with E-state index in [0.717, 1.165) is 48.0 Å². The van der Waals surface area contributed by atoms with Gasteiger partial charge in [0.25, 0.3) is 11.8 Å². The number of amides is 4. The van der Waals surface area contributed by atoms with Crippen molar-refractivity contribution in [1.82, 2.24) is 20.0 Å². The van der Waals surface area contributed by atoms with Gasteiger partial charge in [0.1, 0.15) is 6.04 Å². The van der Waals surface area contributed by atoms with Gasteiger partial charge in [0.05, 0.1) is 11.1 Å². The van der Waals surface area contributed by atoms with E-state index in [2.05, 4.69) is 41.1 Å². The minimum Gasteiger partial charge on any atom is -0.296 e.